The molecule has 0 aromatic rings. The Morgan fingerprint density at radius 2 is 2.19 bits per heavy atom. The molecule has 2 fully saturated rings. The van der Waals surface area contributed by atoms with Gasteiger partial charge in [0.1, 0.15) is 6.04 Å². The second kappa shape index (κ2) is 3.46. The van der Waals surface area contributed by atoms with Crippen molar-refractivity contribution in [1.82, 2.24) is 4.90 Å². The highest BCUT2D eigenvalue weighted by atomic mass is 16.2. The molecule has 0 aromatic carbocycles. The molecule has 1 unspecified atom stereocenters. The molecule has 1 saturated carbocycles. The lowest BCUT2D eigenvalue weighted by molar-refractivity contribution is -0.135. The highest BCUT2D eigenvalue weighted by Crippen LogP contribution is 2.49. The van der Waals surface area contributed by atoms with Gasteiger partial charge >= 0.3 is 0 Å². The van der Waals surface area contributed by atoms with Crippen LogP contribution in [0.1, 0.15) is 27.2 Å². The summed E-state index contributed by atoms with van der Waals surface area (Å²) in [4.78, 5) is 13.9. The van der Waals surface area contributed by atoms with Crippen molar-refractivity contribution in [2.45, 2.75) is 39.3 Å². The van der Waals surface area contributed by atoms with E-state index in [1.54, 1.807) is 4.90 Å². The Morgan fingerprint density at radius 3 is 2.69 bits per heavy atom. The van der Waals surface area contributed by atoms with Crippen LogP contribution in [0.5, 0.6) is 0 Å². The van der Waals surface area contributed by atoms with Crippen molar-refractivity contribution in [3.63, 3.8) is 0 Å². The summed E-state index contributed by atoms with van der Waals surface area (Å²) in [6.45, 7) is 6.58. The molecule has 1 saturated heterocycles. The molecule has 0 aromatic heterocycles. The summed E-state index contributed by atoms with van der Waals surface area (Å²) in [5.41, 5.74) is 5.70. The lowest BCUT2D eigenvalue weighted by atomic mass is 9.86. The van der Waals surface area contributed by atoms with E-state index in [4.69, 9.17) is 11.0 Å². The third-order valence-corrected chi connectivity index (χ3v) is 3.76. The smallest absolute Gasteiger partial charge is 0.241 e. The molecule has 1 heterocycles. The first-order valence-corrected chi connectivity index (χ1v) is 5.82. The minimum absolute atomic E-state index is 0.0637. The van der Waals surface area contributed by atoms with Crippen molar-refractivity contribution >= 4 is 5.91 Å². The van der Waals surface area contributed by atoms with Gasteiger partial charge < -0.3 is 10.6 Å². The maximum absolute atomic E-state index is 12.2. The molecule has 0 bridgehead atoms. The number of piperidine rings is 1. The average molecular weight is 221 g/mol. The van der Waals surface area contributed by atoms with Crippen molar-refractivity contribution in [2.75, 3.05) is 6.54 Å². The Labute approximate surface area is 96.4 Å². The van der Waals surface area contributed by atoms with E-state index in [1.165, 1.54) is 0 Å². The first-order valence-electron chi connectivity index (χ1n) is 5.82. The molecule has 4 nitrogen and oxygen atoms in total. The molecule has 4 atom stereocenters. The predicted molar refractivity (Wildman–Crippen MR) is 60.1 cm³/mol. The fraction of sp³-hybridized carbons (Fsp3) is 0.833. The van der Waals surface area contributed by atoms with Gasteiger partial charge in [0.2, 0.25) is 5.91 Å². The van der Waals surface area contributed by atoms with Gasteiger partial charge in [-0.05, 0) is 23.7 Å². The molecule has 1 aliphatic carbocycles. The Hall–Kier alpha value is -1.08. The fourth-order valence-electron chi connectivity index (χ4n) is 2.41. The van der Waals surface area contributed by atoms with Crippen molar-refractivity contribution in [3.05, 3.63) is 0 Å². The first kappa shape index (κ1) is 11.4. The number of nitrogens with two attached hydrogens (primary N) is 1. The third-order valence-electron chi connectivity index (χ3n) is 3.76. The summed E-state index contributed by atoms with van der Waals surface area (Å²) in [7, 11) is 0. The quantitative estimate of drug-likeness (QED) is 0.709. The number of likely N-dealkylation sites (tertiary alicyclic amines) is 1. The number of hydrogen-bond acceptors (Lipinski definition) is 3. The maximum Gasteiger partial charge on any atom is 0.241 e. The zero-order chi connectivity index (χ0) is 12.1. The van der Waals surface area contributed by atoms with Gasteiger partial charge in [0.15, 0.2) is 0 Å². The van der Waals surface area contributed by atoms with E-state index in [0.29, 0.717) is 11.8 Å². The Kier molecular flexibility index (Phi) is 2.47. The van der Waals surface area contributed by atoms with Crippen LogP contribution in [-0.2, 0) is 4.79 Å². The van der Waals surface area contributed by atoms with Crippen LogP contribution in [0, 0.1) is 28.6 Å². The Morgan fingerprint density at radius 1 is 1.56 bits per heavy atom. The minimum Gasteiger partial charge on any atom is -0.325 e. The first-order chi connectivity index (χ1) is 7.36. The van der Waals surface area contributed by atoms with E-state index < -0.39 is 6.04 Å². The largest absolute Gasteiger partial charge is 0.325 e. The minimum atomic E-state index is -0.513. The number of nitriles is 1. The number of nitrogens with zero attached hydrogens (tertiary/aromatic N) is 2. The van der Waals surface area contributed by atoms with E-state index in [9.17, 15) is 4.79 Å². The molecule has 4 heteroatoms. The SMILES string of the molecule is CC(C)(C)[C@H](N)C(=O)N1CC2C[C@H]2[C@H]1C#N. The maximum atomic E-state index is 12.2. The standard InChI is InChI=1S/C12H19N3O/c1-12(2,3)10(14)11(16)15-6-7-4-8(7)9(15)5-13/h7-10H,4,6,14H2,1-3H3/t7?,8-,9-,10-/m1/s1. The van der Waals surface area contributed by atoms with Crippen molar-refractivity contribution in [3.8, 4) is 6.07 Å². The van der Waals surface area contributed by atoms with Crippen molar-refractivity contribution < 1.29 is 4.79 Å². The van der Waals surface area contributed by atoms with Crippen LogP contribution in [0.25, 0.3) is 0 Å². The van der Waals surface area contributed by atoms with Gasteiger partial charge in [-0.15, -0.1) is 0 Å². The van der Waals surface area contributed by atoms with E-state index in [2.05, 4.69) is 6.07 Å². The molecule has 1 aliphatic heterocycles. The van der Waals surface area contributed by atoms with Gasteiger partial charge in [0.05, 0.1) is 12.1 Å². The molecule has 2 aliphatic rings. The van der Waals surface area contributed by atoms with Crippen molar-refractivity contribution in [1.29, 1.82) is 5.26 Å². The van der Waals surface area contributed by atoms with Gasteiger partial charge in [-0.2, -0.15) is 5.26 Å². The second-order valence-electron chi connectivity index (χ2n) is 6.07. The number of fused-ring (bicyclic) bond motifs is 1. The van der Waals surface area contributed by atoms with Gasteiger partial charge in [-0.3, -0.25) is 4.79 Å². The normalized spacial score (nSPS) is 34.2. The van der Waals surface area contributed by atoms with Crippen LogP contribution in [0.2, 0.25) is 0 Å². The Balaban J connectivity index is 2.09. The Bertz CT molecular complexity index is 352. The van der Waals surface area contributed by atoms with Crippen LogP contribution in [0.3, 0.4) is 0 Å². The molecule has 0 radical (unpaired) electrons. The summed E-state index contributed by atoms with van der Waals surface area (Å²) in [6, 6.07) is 1.50. The zero-order valence-electron chi connectivity index (χ0n) is 10.1. The van der Waals surface area contributed by atoms with Gasteiger partial charge in [0, 0.05) is 6.54 Å². The molecule has 2 N–H and O–H groups in total. The summed E-state index contributed by atoms with van der Waals surface area (Å²) < 4.78 is 0. The molecule has 0 spiro atoms. The summed E-state index contributed by atoms with van der Waals surface area (Å²) in [5, 5.41) is 9.08. The van der Waals surface area contributed by atoms with E-state index >= 15 is 0 Å². The number of amides is 1. The average Bonchev–Trinajstić information content (AvgIpc) is 2.87. The van der Waals surface area contributed by atoms with Gasteiger partial charge in [-0.1, -0.05) is 20.8 Å². The predicted octanol–water partition coefficient (Wildman–Crippen LogP) is 0.730. The summed E-state index contributed by atoms with van der Waals surface area (Å²) >= 11 is 0. The molecular formula is C12H19N3O. The van der Waals surface area contributed by atoms with Gasteiger partial charge in [0.25, 0.3) is 0 Å². The second-order valence-corrected chi connectivity index (χ2v) is 6.07. The highest BCUT2D eigenvalue weighted by Gasteiger charge is 2.55. The molecule has 1 amide bonds. The number of hydrogen-bond donors (Lipinski definition) is 1. The fourth-order valence-corrected chi connectivity index (χ4v) is 2.41. The number of carbonyl (C=O) groups is 1. The molecule has 88 valence electrons. The van der Waals surface area contributed by atoms with Crippen LogP contribution in [0.4, 0.5) is 0 Å². The van der Waals surface area contributed by atoms with Crippen LogP contribution in [-0.4, -0.2) is 29.4 Å². The summed E-state index contributed by atoms with van der Waals surface area (Å²) in [5.74, 6) is 0.910. The highest BCUT2D eigenvalue weighted by molar-refractivity contribution is 5.83. The monoisotopic (exact) mass is 221 g/mol. The van der Waals surface area contributed by atoms with Crippen LogP contribution < -0.4 is 5.73 Å². The topological polar surface area (TPSA) is 70.1 Å². The number of rotatable bonds is 1. The lowest BCUT2D eigenvalue weighted by Crippen LogP contribution is -2.52. The third kappa shape index (κ3) is 1.69. The zero-order valence-corrected chi connectivity index (χ0v) is 10.1. The summed E-state index contributed by atoms with van der Waals surface area (Å²) in [6.07, 6.45) is 1.10. The number of carbonyl (C=O) groups excluding carboxylic acids is 1. The van der Waals surface area contributed by atoms with E-state index in [1.807, 2.05) is 20.8 Å². The van der Waals surface area contributed by atoms with Crippen LogP contribution in [0.15, 0.2) is 0 Å². The molecule has 2 rings (SSSR count). The molecule has 16 heavy (non-hydrogen) atoms. The molecular weight excluding hydrogens is 202 g/mol. The van der Waals surface area contributed by atoms with Crippen molar-refractivity contribution in [2.24, 2.45) is 23.0 Å². The van der Waals surface area contributed by atoms with Gasteiger partial charge in [-0.25, -0.2) is 0 Å². The van der Waals surface area contributed by atoms with Crippen LogP contribution >= 0.6 is 0 Å². The van der Waals surface area contributed by atoms with E-state index in [-0.39, 0.29) is 17.4 Å². The van der Waals surface area contributed by atoms with E-state index in [0.717, 1.165) is 13.0 Å². The lowest BCUT2D eigenvalue weighted by Gasteiger charge is -2.32.